The molecule has 1 atom stereocenters. The van der Waals surface area contributed by atoms with E-state index in [1.165, 1.54) is 18.9 Å². The molecule has 1 unspecified atom stereocenters. The minimum Gasteiger partial charge on any atom is -0.507 e. The Morgan fingerprint density at radius 3 is 2.46 bits per heavy atom. The number of Topliss-reactive ketones (excluding diaryl/α,β-unsaturated/α-hetero) is 1. The number of aliphatic hydroxyl groups is 1. The highest BCUT2D eigenvalue weighted by Gasteiger charge is 2.47. The van der Waals surface area contributed by atoms with Gasteiger partial charge in [-0.25, -0.2) is 0 Å². The molecule has 2 N–H and O–H groups in total. The molecule has 1 saturated heterocycles. The number of aliphatic hydroxyl groups excluding tert-OH is 1. The Kier molecular flexibility index (Phi) is 7.57. The zero-order valence-electron chi connectivity index (χ0n) is 20.9. The van der Waals surface area contributed by atoms with Crippen LogP contribution >= 0.6 is 0 Å². The van der Waals surface area contributed by atoms with E-state index in [-0.39, 0.29) is 17.2 Å². The van der Waals surface area contributed by atoms with Crippen molar-refractivity contribution in [3.63, 3.8) is 0 Å². The van der Waals surface area contributed by atoms with Crippen LogP contribution in [0.25, 0.3) is 5.76 Å². The second kappa shape index (κ2) is 11.0. The fourth-order valence-electron chi connectivity index (χ4n) is 4.27. The summed E-state index contributed by atoms with van der Waals surface area (Å²) in [4.78, 5) is 39.8. The maximum atomic E-state index is 13.4. The van der Waals surface area contributed by atoms with Gasteiger partial charge < -0.3 is 19.9 Å². The Balaban J connectivity index is 1.89. The SMILES string of the molecule is CCCOc1cccc(/C(O)=C2\C(=O)C(=O)N(c3cccc(NC(C)=O)c3)C2c2cccc(OC)c2)c1. The van der Waals surface area contributed by atoms with Crippen LogP contribution in [0.1, 0.15) is 37.4 Å². The van der Waals surface area contributed by atoms with Gasteiger partial charge in [0.25, 0.3) is 11.7 Å². The van der Waals surface area contributed by atoms with E-state index < -0.39 is 17.7 Å². The average molecular weight is 501 g/mol. The molecule has 8 heteroatoms. The van der Waals surface area contributed by atoms with Crippen molar-refractivity contribution in [2.45, 2.75) is 26.3 Å². The molecule has 0 saturated carbocycles. The Bertz CT molecular complexity index is 1380. The fourth-order valence-corrected chi connectivity index (χ4v) is 4.27. The topological polar surface area (TPSA) is 105 Å². The minimum atomic E-state index is -0.942. The van der Waals surface area contributed by atoms with Crippen molar-refractivity contribution in [2.75, 3.05) is 23.9 Å². The number of ketones is 1. The van der Waals surface area contributed by atoms with Crippen LogP contribution in [-0.4, -0.2) is 36.4 Å². The number of carbonyl (C=O) groups is 3. The number of nitrogens with one attached hydrogen (secondary N) is 1. The second-order valence-electron chi connectivity index (χ2n) is 8.55. The van der Waals surface area contributed by atoms with E-state index in [0.717, 1.165) is 6.42 Å². The lowest BCUT2D eigenvalue weighted by Crippen LogP contribution is -2.29. The van der Waals surface area contributed by atoms with Crippen LogP contribution in [0.15, 0.2) is 78.4 Å². The summed E-state index contributed by atoms with van der Waals surface area (Å²) in [7, 11) is 1.52. The summed E-state index contributed by atoms with van der Waals surface area (Å²) >= 11 is 0. The van der Waals surface area contributed by atoms with Gasteiger partial charge in [-0.05, 0) is 54.4 Å². The quantitative estimate of drug-likeness (QED) is 0.254. The molecule has 0 radical (unpaired) electrons. The van der Waals surface area contributed by atoms with Crippen molar-refractivity contribution in [2.24, 2.45) is 0 Å². The van der Waals surface area contributed by atoms with Crippen LogP contribution in [0.4, 0.5) is 11.4 Å². The largest absolute Gasteiger partial charge is 0.507 e. The number of hydrogen-bond donors (Lipinski definition) is 2. The van der Waals surface area contributed by atoms with E-state index in [2.05, 4.69) is 5.32 Å². The van der Waals surface area contributed by atoms with E-state index in [1.807, 2.05) is 6.92 Å². The number of anilines is 2. The summed E-state index contributed by atoms with van der Waals surface area (Å²) in [6.45, 7) is 3.87. The van der Waals surface area contributed by atoms with Crippen LogP contribution in [0, 0.1) is 0 Å². The molecule has 0 bridgehead atoms. The molecule has 190 valence electrons. The third-order valence-electron chi connectivity index (χ3n) is 5.88. The first-order valence-electron chi connectivity index (χ1n) is 11.9. The molecule has 0 aliphatic carbocycles. The third kappa shape index (κ3) is 5.33. The first kappa shape index (κ1) is 25.5. The molecule has 0 spiro atoms. The van der Waals surface area contributed by atoms with Crippen LogP contribution < -0.4 is 19.7 Å². The Hall–Kier alpha value is -4.59. The van der Waals surface area contributed by atoms with Gasteiger partial charge >= 0.3 is 0 Å². The molecular formula is C29H28N2O6. The summed E-state index contributed by atoms with van der Waals surface area (Å²) in [6.07, 6.45) is 0.814. The molecule has 1 heterocycles. The van der Waals surface area contributed by atoms with E-state index >= 15 is 0 Å². The number of amides is 2. The second-order valence-corrected chi connectivity index (χ2v) is 8.55. The summed E-state index contributed by atoms with van der Waals surface area (Å²) in [5.74, 6) is -1.13. The molecular weight excluding hydrogens is 472 g/mol. The van der Waals surface area contributed by atoms with Crippen molar-refractivity contribution >= 4 is 34.7 Å². The van der Waals surface area contributed by atoms with Crippen molar-refractivity contribution in [1.82, 2.24) is 0 Å². The molecule has 8 nitrogen and oxygen atoms in total. The molecule has 1 fully saturated rings. The van der Waals surface area contributed by atoms with Gasteiger partial charge in [0.15, 0.2) is 0 Å². The summed E-state index contributed by atoms with van der Waals surface area (Å²) in [6, 6.07) is 19.5. The van der Waals surface area contributed by atoms with Gasteiger partial charge in [-0.2, -0.15) is 0 Å². The number of methoxy groups -OCH3 is 1. The molecule has 3 aromatic carbocycles. The lowest BCUT2D eigenvalue weighted by atomic mass is 9.95. The predicted molar refractivity (Wildman–Crippen MR) is 141 cm³/mol. The van der Waals surface area contributed by atoms with Crippen molar-refractivity contribution in [3.8, 4) is 11.5 Å². The summed E-state index contributed by atoms with van der Waals surface area (Å²) in [5, 5.41) is 14.1. The zero-order chi connectivity index (χ0) is 26.5. The minimum absolute atomic E-state index is 0.0594. The number of rotatable bonds is 8. The fraction of sp³-hybridized carbons (Fsp3) is 0.207. The standard InChI is InChI=1S/C29H28N2O6/c1-4-14-37-24-13-6-9-20(16-24)27(33)25-26(19-8-5-12-23(15-19)36-3)31(29(35)28(25)34)22-11-7-10-21(17-22)30-18(2)32/h5-13,15-17,26,33H,4,14H2,1-3H3,(H,30,32)/b27-25+. The van der Waals surface area contributed by atoms with Crippen LogP contribution in [0.5, 0.6) is 11.5 Å². The smallest absolute Gasteiger partial charge is 0.300 e. The van der Waals surface area contributed by atoms with Crippen molar-refractivity contribution < 1.29 is 29.0 Å². The number of nitrogens with zero attached hydrogens (tertiary/aromatic N) is 1. The van der Waals surface area contributed by atoms with E-state index in [0.29, 0.717) is 40.6 Å². The Labute approximate surface area is 215 Å². The third-order valence-corrected chi connectivity index (χ3v) is 5.88. The van der Waals surface area contributed by atoms with Gasteiger partial charge in [0.2, 0.25) is 5.91 Å². The predicted octanol–water partition coefficient (Wildman–Crippen LogP) is 5.07. The van der Waals surface area contributed by atoms with Crippen molar-refractivity contribution in [1.29, 1.82) is 0 Å². The molecule has 0 aromatic heterocycles. The highest BCUT2D eigenvalue weighted by molar-refractivity contribution is 6.51. The molecule has 3 aromatic rings. The van der Waals surface area contributed by atoms with Gasteiger partial charge in [-0.3, -0.25) is 19.3 Å². The molecule has 4 rings (SSSR count). The Morgan fingerprint density at radius 2 is 1.73 bits per heavy atom. The van der Waals surface area contributed by atoms with Gasteiger partial charge in [-0.1, -0.05) is 37.3 Å². The highest BCUT2D eigenvalue weighted by Crippen LogP contribution is 2.43. The van der Waals surface area contributed by atoms with Crippen molar-refractivity contribution in [3.05, 3.63) is 89.5 Å². The van der Waals surface area contributed by atoms with Gasteiger partial charge in [0.1, 0.15) is 17.3 Å². The highest BCUT2D eigenvalue weighted by atomic mass is 16.5. The van der Waals surface area contributed by atoms with E-state index in [1.54, 1.807) is 72.8 Å². The summed E-state index contributed by atoms with van der Waals surface area (Å²) in [5.41, 5.74) is 1.73. The van der Waals surface area contributed by atoms with Gasteiger partial charge in [0, 0.05) is 23.9 Å². The number of hydrogen-bond acceptors (Lipinski definition) is 6. The maximum absolute atomic E-state index is 13.4. The van der Waals surface area contributed by atoms with E-state index in [4.69, 9.17) is 9.47 Å². The normalized spacial score (nSPS) is 16.5. The lowest BCUT2D eigenvalue weighted by molar-refractivity contribution is -0.132. The molecule has 37 heavy (non-hydrogen) atoms. The number of ether oxygens (including phenoxy) is 2. The molecule has 1 aliphatic rings. The maximum Gasteiger partial charge on any atom is 0.300 e. The molecule has 2 amide bonds. The van der Waals surface area contributed by atoms with E-state index in [9.17, 15) is 19.5 Å². The van der Waals surface area contributed by atoms with Crippen LogP contribution in [0.3, 0.4) is 0 Å². The Morgan fingerprint density at radius 1 is 1.00 bits per heavy atom. The lowest BCUT2D eigenvalue weighted by Gasteiger charge is -2.26. The molecule has 1 aliphatic heterocycles. The van der Waals surface area contributed by atoms with Crippen LogP contribution in [0.2, 0.25) is 0 Å². The van der Waals surface area contributed by atoms with Crippen LogP contribution in [-0.2, 0) is 14.4 Å². The monoisotopic (exact) mass is 500 g/mol. The van der Waals surface area contributed by atoms with Gasteiger partial charge in [0.05, 0.1) is 25.3 Å². The average Bonchev–Trinajstić information content (AvgIpc) is 3.17. The summed E-state index contributed by atoms with van der Waals surface area (Å²) < 4.78 is 11.1. The first-order valence-corrected chi connectivity index (χ1v) is 11.9. The number of carbonyl (C=O) groups excluding carboxylic acids is 3. The number of benzene rings is 3. The zero-order valence-corrected chi connectivity index (χ0v) is 20.9. The van der Waals surface area contributed by atoms with Gasteiger partial charge in [-0.15, -0.1) is 0 Å². The first-order chi connectivity index (χ1) is 17.8.